The molecule has 174 valence electrons. The maximum absolute atomic E-state index is 13.1. The summed E-state index contributed by atoms with van der Waals surface area (Å²) in [5.41, 5.74) is 0.876. The lowest BCUT2D eigenvalue weighted by Crippen LogP contribution is -2.42. The van der Waals surface area contributed by atoms with E-state index in [0.29, 0.717) is 11.3 Å². The molecule has 0 spiro atoms. The molecule has 3 N–H and O–H groups in total. The van der Waals surface area contributed by atoms with E-state index in [-0.39, 0.29) is 17.8 Å². The predicted octanol–water partition coefficient (Wildman–Crippen LogP) is 2.92. The molecular formula is C25H24N4O5. The van der Waals surface area contributed by atoms with E-state index >= 15 is 0 Å². The van der Waals surface area contributed by atoms with Crippen LogP contribution in [0.1, 0.15) is 34.2 Å². The van der Waals surface area contributed by atoms with Crippen LogP contribution in [0.25, 0.3) is 0 Å². The minimum absolute atomic E-state index is 0.189. The number of furan rings is 1. The van der Waals surface area contributed by atoms with E-state index in [4.69, 9.17) is 4.42 Å². The Bertz CT molecular complexity index is 1240. The van der Waals surface area contributed by atoms with Crippen molar-refractivity contribution in [1.82, 2.24) is 15.5 Å². The summed E-state index contributed by atoms with van der Waals surface area (Å²) >= 11 is 0. The number of imide groups is 1. The SMILES string of the molecule is Cc1ccc([C@]2(C)NC(=O)N(CC(=O)Nc3ccccc3C(=O)NCc3ccco3)C2=O)cc1. The third-order valence-corrected chi connectivity index (χ3v) is 5.65. The van der Waals surface area contributed by atoms with Gasteiger partial charge in [0, 0.05) is 0 Å². The number of nitrogens with one attached hydrogen (secondary N) is 3. The van der Waals surface area contributed by atoms with Crippen LogP contribution in [0.3, 0.4) is 0 Å². The lowest BCUT2D eigenvalue weighted by Gasteiger charge is -2.22. The normalized spacial score (nSPS) is 17.4. The molecule has 1 atom stereocenters. The number of carbonyl (C=O) groups excluding carboxylic acids is 4. The Kier molecular flexibility index (Phi) is 6.18. The van der Waals surface area contributed by atoms with E-state index in [0.717, 1.165) is 10.5 Å². The molecule has 4 rings (SSSR count). The van der Waals surface area contributed by atoms with Crippen LogP contribution in [-0.2, 0) is 21.7 Å². The van der Waals surface area contributed by atoms with Crippen LogP contribution < -0.4 is 16.0 Å². The van der Waals surface area contributed by atoms with Gasteiger partial charge in [0.25, 0.3) is 11.8 Å². The summed E-state index contributed by atoms with van der Waals surface area (Å²) in [7, 11) is 0. The Labute approximate surface area is 196 Å². The van der Waals surface area contributed by atoms with Crippen molar-refractivity contribution in [2.75, 3.05) is 11.9 Å². The number of urea groups is 1. The molecule has 0 bridgehead atoms. The Hall–Kier alpha value is -4.40. The molecule has 0 radical (unpaired) electrons. The number of rotatable bonds is 7. The lowest BCUT2D eigenvalue weighted by molar-refractivity contribution is -0.133. The second kappa shape index (κ2) is 9.22. The summed E-state index contributed by atoms with van der Waals surface area (Å²) in [6.45, 7) is 3.23. The Morgan fingerprint density at radius 2 is 1.76 bits per heavy atom. The topological polar surface area (TPSA) is 121 Å². The molecule has 2 heterocycles. The van der Waals surface area contributed by atoms with Gasteiger partial charge in [-0.15, -0.1) is 0 Å². The highest BCUT2D eigenvalue weighted by molar-refractivity contribution is 6.11. The summed E-state index contributed by atoms with van der Waals surface area (Å²) in [5, 5.41) is 8.03. The molecule has 9 nitrogen and oxygen atoms in total. The van der Waals surface area contributed by atoms with Gasteiger partial charge in [0.2, 0.25) is 5.91 Å². The van der Waals surface area contributed by atoms with Crippen molar-refractivity contribution in [1.29, 1.82) is 0 Å². The number of amides is 5. The van der Waals surface area contributed by atoms with Crippen LogP contribution in [0.2, 0.25) is 0 Å². The van der Waals surface area contributed by atoms with E-state index in [1.807, 2.05) is 19.1 Å². The highest BCUT2D eigenvalue weighted by atomic mass is 16.3. The number of anilines is 1. The van der Waals surface area contributed by atoms with Crippen LogP contribution in [-0.4, -0.2) is 35.2 Å². The average molecular weight is 460 g/mol. The molecule has 1 fully saturated rings. The first-order valence-electron chi connectivity index (χ1n) is 10.7. The molecule has 3 aromatic rings. The van der Waals surface area contributed by atoms with Crippen LogP contribution in [0.4, 0.5) is 10.5 Å². The fourth-order valence-corrected chi connectivity index (χ4v) is 3.72. The number of nitrogens with zero attached hydrogens (tertiary/aromatic N) is 1. The van der Waals surface area contributed by atoms with Gasteiger partial charge in [-0.3, -0.25) is 19.3 Å². The zero-order valence-electron chi connectivity index (χ0n) is 18.8. The zero-order valence-corrected chi connectivity index (χ0v) is 18.8. The van der Waals surface area contributed by atoms with E-state index in [9.17, 15) is 19.2 Å². The van der Waals surface area contributed by atoms with Crippen molar-refractivity contribution in [2.24, 2.45) is 0 Å². The van der Waals surface area contributed by atoms with E-state index in [1.54, 1.807) is 55.5 Å². The Morgan fingerprint density at radius 1 is 1.03 bits per heavy atom. The predicted molar refractivity (Wildman–Crippen MR) is 124 cm³/mol. The van der Waals surface area contributed by atoms with Crippen LogP contribution >= 0.6 is 0 Å². The first kappa shape index (κ1) is 22.8. The molecule has 1 aliphatic heterocycles. The quantitative estimate of drug-likeness (QED) is 0.468. The Balaban J connectivity index is 1.44. The van der Waals surface area contributed by atoms with Crippen LogP contribution in [0.15, 0.2) is 71.3 Å². The minimum Gasteiger partial charge on any atom is -0.467 e. The summed E-state index contributed by atoms with van der Waals surface area (Å²) in [6.07, 6.45) is 1.51. The molecule has 0 unspecified atom stereocenters. The highest BCUT2D eigenvalue weighted by Crippen LogP contribution is 2.29. The summed E-state index contributed by atoms with van der Waals surface area (Å²) in [5.74, 6) is -0.955. The largest absolute Gasteiger partial charge is 0.467 e. The van der Waals surface area contributed by atoms with Crippen LogP contribution in [0.5, 0.6) is 0 Å². The van der Waals surface area contributed by atoms with Crippen molar-refractivity contribution in [3.8, 4) is 0 Å². The highest BCUT2D eigenvalue weighted by Gasteiger charge is 2.49. The first-order chi connectivity index (χ1) is 16.3. The van der Waals surface area contributed by atoms with Gasteiger partial charge in [0.15, 0.2) is 0 Å². The summed E-state index contributed by atoms with van der Waals surface area (Å²) < 4.78 is 5.20. The molecule has 0 aliphatic carbocycles. The molecule has 2 aromatic carbocycles. The molecule has 1 saturated heterocycles. The number of hydrogen-bond acceptors (Lipinski definition) is 5. The molecule has 9 heteroatoms. The van der Waals surface area contributed by atoms with Gasteiger partial charge in [0.1, 0.15) is 17.8 Å². The average Bonchev–Trinajstić information content (AvgIpc) is 3.41. The van der Waals surface area contributed by atoms with Gasteiger partial charge >= 0.3 is 6.03 Å². The smallest absolute Gasteiger partial charge is 0.325 e. The van der Waals surface area contributed by atoms with E-state index in [1.165, 1.54) is 6.26 Å². The van der Waals surface area contributed by atoms with Crippen LogP contribution in [0, 0.1) is 6.92 Å². The summed E-state index contributed by atoms with van der Waals surface area (Å²) in [4.78, 5) is 51.8. The van der Waals surface area contributed by atoms with Gasteiger partial charge in [-0.2, -0.15) is 0 Å². The lowest BCUT2D eigenvalue weighted by atomic mass is 9.91. The standard InChI is InChI=1S/C25H24N4O5/c1-16-9-11-17(12-10-16)25(2)23(32)29(24(33)28-25)15-21(30)27-20-8-4-3-7-19(20)22(31)26-14-18-6-5-13-34-18/h3-13H,14-15H2,1-2H3,(H,26,31)(H,27,30)(H,28,33)/t25-/m0/s1. The number of aryl methyl sites for hydroxylation is 1. The number of hydrogen-bond donors (Lipinski definition) is 3. The molecular weight excluding hydrogens is 436 g/mol. The fourth-order valence-electron chi connectivity index (χ4n) is 3.72. The molecule has 5 amide bonds. The minimum atomic E-state index is -1.27. The first-order valence-corrected chi connectivity index (χ1v) is 10.7. The number of benzene rings is 2. The molecule has 0 saturated carbocycles. The molecule has 1 aromatic heterocycles. The second-order valence-electron chi connectivity index (χ2n) is 8.17. The van der Waals surface area contributed by atoms with Crippen molar-refractivity contribution in [3.63, 3.8) is 0 Å². The van der Waals surface area contributed by atoms with Crippen molar-refractivity contribution >= 4 is 29.4 Å². The second-order valence-corrected chi connectivity index (χ2v) is 8.17. The molecule has 1 aliphatic rings. The maximum atomic E-state index is 13.1. The maximum Gasteiger partial charge on any atom is 0.325 e. The van der Waals surface area contributed by atoms with Gasteiger partial charge in [-0.25, -0.2) is 4.79 Å². The fraction of sp³-hybridized carbons (Fsp3) is 0.200. The molecule has 34 heavy (non-hydrogen) atoms. The number of carbonyl (C=O) groups is 4. The number of para-hydroxylation sites is 1. The summed E-state index contributed by atoms with van der Waals surface area (Å²) in [6, 6.07) is 16.5. The van der Waals surface area contributed by atoms with Crippen molar-refractivity contribution < 1.29 is 23.6 Å². The Morgan fingerprint density at radius 3 is 2.47 bits per heavy atom. The third-order valence-electron chi connectivity index (χ3n) is 5.65. The van der Waals surface area contributed by atoms with E-state index < -0.39 is 35.8 Å². The van der Waals surface area contributed by atoms with Gasteiger partial charge in [-0.1, -0.05) is 42.0 Å². The third kappa shape index (κ3) is 4.54. The van der Waals surface area contributed by atoms with Gasteiger partial charge < -0.3 is 20.4 Å². The zero-order chi connectivity index (χ0) is 24.3. The van der Waals surface area contributed by atoms with Gasteiger partial charge in [0.05, 0.1) is 24.1 Å². The monoisotopic (exact) mass is 460 g/mol. The van der Waals surface area contributed by atoms with E-state index in [2.05, 4.69) is 16.0 Å². The van der Waals surface area contributed by atoms with Crippen molar-refractivity contribution in [2.45, 2.75) is 25.9 Å². The van der Waals surface area contributed by atoms with Crippen molar-refractivity contribution in [3.05, 3.63) is 89.4 Å². The van der Waals surface area contributed by atoms with Gasteiger partial charge in [-0.05, 0) is 43.7 Å².